The van der Waals surface area contributed by atoms with Crippen molar-refractivity contribution in [1.82, 2.24) is 0 Å². The SMILES string of the molecule is CCC=C(C)CC1CC1C. The quantitative estimate of drug-likeness (QED) is 0.524. The van der Waals surface area contributed by atoms with Crippen molar-refractivity contribution in [3.63, 3.8) is 0 Å². The molecule has 0 aliphatic heterocycles. The van der Waals surface area contributed by atoms with Crippen molar-refractivity contribution in [3.05, 3.63) is 11.6 Å². The fourth-order valence-corrected chi connectivity index (χ4v) is 1.53. The van der Waals surface area contributed by atoms with Gasteiger partial charge in [-0.05, 0) is 38.0 Å². The Balaban J connectivity index is 2.19. The lowest BCUT2D eigenvalue weighted by atomic mass is 10.1. The molecule has 0 heteroatoms. The van der Waals surface area contributed by atoms with Crippen molar-refractivity contribution in [2.24, 2.45) is 11.8 Å². The summed E-state index contributed by atoms with van der Waals surface area (Å²) in [4.78, 5) is 0. The van der Waals surface area contributed by atoms with Crippen molar-refractivity contribution < 1.29 is 0 Å². The molecule has 10 heavy (non-hydrogen) atoms. The molecule has 0 aromatic carbocycles. The first-order valence-electron chi connectivity index (χ1n) is 4.39. The van der Waals surface area contributed by atoms with Crippen molar-refractivity contribution in [2.75, 3.05) is 0 Å². The molecule has 0 aromatic rings. The largest absolute Gasteiger partial charge is 0.0859 e. The van der Waals surface area contributed by atoms with E-state index < -0.39 is 0 Å². The monoisotopic (exact) mass is 138 g/mol. The molecule has 0 bridgehead atoms. The van der Waals surface area contributed by atoms with Crippen LogP contribution < -0.4 is 0 Å². The first-order chi connectivity index (χ1) is 4.74. The standard InChI is InChI=1S/C10H18/c1-4-5-8(2)6-10-7-9(10)3/h5,9-10H,4,6-7H2,1-3H3. The Labute approximate surface area is 64.3 Å². The first-order valence-corrected chi connectivity index (χ1v) is 4.39. The summed E-state index contributed by atoms with van der Waals surface area (Å²) in [6.45, 7) is 6.82. The van der Waals surface area contributed by atoms with Gasteiger partial charge in [0.15, 0.2) is 0 Å². The molecule has 0 spiro atoms. The molecule has 1 aliphatic carbocycles. The second kappa shape index (κ2) is 3.23. The summed E-state index contributed by atoms with van der Waals surface area (Å²) in [6, 6.07) is 0. The van der Waals surface area contributed by atoms with E-state index in [1.807, 2.05) is 0 Å². The predicted octanol–water partition coefficient (Wildman–Crippen LogP) is 3.39. The maximum absolute atomic E-state index is 2.35. The highest BCUT2D eigenvalue weighted by Crippen LogP contribution is 2.42. The normalized spacial score (nSPS) is 32.5. The summed E-state index contributed by atoms with van der Waals surface area (Å²) in [7, 11) is 0. The minimum absolute atomic E-state index is 1.01. The van der Waals surface area contributed by atoms with E-state index in [4.69, 9.17) is 0 Å². The Kier molecular flexibility index (Phi) is 2.53. The smallest absolute Gasteiger partial charge is 0.0292 e. The van der Waals surface area contributed by atoms with E-state index in [1.165, 1.54) is 19.3 Å². The summed E-state index contributed by atoms with van der Waals surface area (Å²) in [5, 5.41) is 0. The number of rotatable bonds is 3. The number of allylic oxidation sites excluding steroid dienone is 2. The third kappa shape index (κ3) is 2.17. The van der Waals surface area contributed by atoms with Crippen LogP contribution in [0.25, 0.3) is 0 Å². The molecule has 0 nitrogen and oxygen atoms in total. The second-order valence-corrected chi connectivity index (χ2v) is 3.64. The van der Waals surface area contributed by atoms with Crippen LogP contribution in [0.2, 0.25) is 0 Å². The van der Waals surface area contributed by atoms with Gasteiger partial charge in [-0.1, -0.05) is 25.5 Å². The van der Waals surface area contributed by atoms with E-state index in [9.17, 15) is 0 Å². The summed E-state index contributed by atoms with van der Waals surface area (Å²) >= 11 is 0. The Morgan fingerprint density at radius 3 is 2.60 bits per heavy atom. The second-order valence-electron chi connectivity index (χ2n) is 3.64. The zero-order valence-electron chi connectivity index (χ0n) is 7.35. The zero-order valence-corrected chi connectivity index (χ0v) is 7.35. The molecule has 0 radical (unpaired) electrons. The molecule has 1 rings (SSSR count). The van der Waals surface area contributed by atoms with Gasteiger partial charge < -0.3 is 0 Å². The molecule has 2 atom stereocenters. The highest BCUT2D eigenvalue weighted by atomic mass is 14.4. The van der Waals surface area contributed by atoms with E-state index in [1.54, 1.807) is 5.57 Å². The Morgan fingerprint density at radius 2 is 2.20 bits per heavy atom. The third-order valence-corrected chi connectivity index (χ3v) is 2.41. The Hall–Kier alpha value is -0.260. The van der Waals surface area contributed by atoms with Gasteiger partial charge in [0.2, 0.25) is 0 Å². The van der Waals surface area contributed by atoms with E-state index in [-0.39, 0.29) is 0 Å². The highest BCUT2D eigenvalue weighted by molar-refractivity contribution is 5.02. The predicted molar refractivity (Wildman–Crippen MR) is 45.9 cm³/mol. The molecule has 1 saturated carbocycles. The molecule has 0 N–H and O–H groups in total. The Bertz CT molecular complexity index is 133. The molecule has 2 unspecified atom stereocenters. The molecule has 0 amide bonds. The topological polar surface area (TPSA) is 0 Å². The van der Waals surface area contributed by atoms with Crippen LogP contribution in [0, 0.1) is 11.8 Å². The summed E-state index contributed by atoms with van der Waals surface area (Å²) in [5.74, 6) is 2.04. The van der Waals surface area contributed by atoms with Crippen LogP contribution in [-0.4, -0.2) is 0 Å². The van der Waals surface area contributed by atoms with Gasteiger partial charge in [0, 0.05) is 0 Å². The lowest BCUT2D eigenvalue weighted by Crippen LogP contribution is -1.81. The summed E-state index contributed by atoms with van der Waals surface area (Å²) < 4.78 is 0. The van der Waals surface area contributed by atoms with Crippen molar-refractivity contribution in [2.45, 2.75) is 40.0 Å². The average Bonchev–Trinajstić information content (AvgIpc) is 2.47. The summed E-state index contributed by atoms with van der Waals surface area (Å²) in [6.07, 6.45) is 6.38. The zero-order chi connectivity index (χ0) is 7.56. The van der Waals surface area contributed by atoms with E-state index in [0.29, 0.717) is 0 Å². The maximum Gasteiger partial charge on any atom is -0.0292 e. The van der Waals surface area contributed by atoms with Crippen molar-refractivity contribution in [3.8, 4) is 0 Å². The van der Waals surface area contributed by atoms with Crippen LogP contribution in [0.15, 0.2) is 11.6 Å². The minimum atomic E-state index is 1.01. The first kappa shape index (κ1) is 7.84. The van der Waals surface area contributed by atoms with E-state index >= 15 is 0 Å². The van der Waals surface area contributed by atoms with Crippen LogP contribution in [0.3, 0.4) is 0 Å². The molecule has 0 heterocycles. The van der Waals surface area contributed by atoms with Crippen LogP contribution >= 0.6 is 0 Å². The van der Waals surface area contributed by atoms with Gasteiger partial charge in [0.05, 0.1) is 0 Å². The molecular formula is C10H18. The molecule has 0 saturated heterocycles. The lowest BCUT2D eigenvalue weighted by Gasteiger charge is -1.96. The van der Waals surface area contributed by atoms with Crippen molar-refractivity contribution >= 4 is 0 Å². The maximum atomic E-state index is 2.35. The van der Waals surface area contributed by atoms with Gasteiger partial charge >= 0.3 is 0 Å². The van der Waals surface area contributed by atoms with Crippen LogP contribution in [0.1, 0.15) is 40.0 Å². The van der Waals surface area contributed by atoms with Gasteiger partial charge in [-0.2, -0.15) is 0 Å². The fraction of sp³-hybridized carbons (Fsp3) is 0.800. The third-order valence-electron chi connectivity index (χ3n) is 2.41. The minimum Gasteiger partial charge on any atom is -0.0859 e. The Morgan fingerprint density at radius 1 is 1.60 bits per heavy atom. The van der Waals surface area contributed by atoms with E-state index in [2.05, 4.69) is 26.8 Å². The van der Waals surface area contributed by atoms with E-state index in [0.717, 1.165) is 11.8 Å². The van der Waals surface area contributed by atoms with Gasteiger partial charge in [0.1, 0.15) is 0 Å². The molecular weight excluding hydrogens is 120 g/mol. The van der Waals surface area contributed by atoms with Gasteiger partial charge in [-0.3, -0.25) is 0 Å². The van der Waals surface area contributed by atoms with Crippen LogP contribution in [0.5, 0.6) is 0 Å². The van der Waals surface area contributed by atoms with Gasteiger partial charge in [0.25, 0.3) is 0 Å². The van der Waals surface area contributed by atoms with Gasteiger partial charge in [-0.15, -0.1) is 0 Å². The molecule has 1 fully saturated rings. The molecule has 1 aliphatic rings. The fourth-order valence-electron chi connectivity index (χ4n) is 1.53. The van der Waals surface area contributed by atoms with Gasteiger partial charge in [-0.25, -0.2) is 0 Å². The molecule has 0 aromatic heterocycles. The molecule has 58 valence electrons. The van der Waals surface area contributed by atoms with Crippen LogP contribution in [0.4, 0.5) is 0 Å². The number of hydrogen-bond donors (Lipinski definition) is 0. The van der Waals surface area contributed by atoms with Crippen LogP contribution in [-0.2, 0) is 0 Å². The average molecular weight is 138 g/mol. The summed E-state index contributed by atoms with van der Waals surface area (Å²) in [5.41, 5.74) is 1.59. The lowest BCUT2D eigenvalue weighted by molar-refractivity contribution is 0.737. The highest BCUT2D eigenvalue weighted by Gasteiger charge is 2.31. The van der Waals surface area contributed by atoms with Crippen molar-refractivity contribution in [1.29, 1.82) is 0 Å². The number of hydrogen-bond acceptors (Lipinski definition) is 0.